The van der Waals surface area contributed by atoms with Crippen molar-refractivity contribution in [1.82, 2.24) is 4.57 Å². The molecule has 14 heavy (non-hydrogen) atoms. The van der Waals surface area contributed by atoms with E-state index < -0.39 is 0 Å². The van der Waals surface area contributed by atoms with Crippen molar-refractivity contribution in [3.8, 4) is 0 Å². The summed E-state index contributed by atoms with van der Waals surface area (Å²) in [6.45, 7) is 1.37. The first-order chi connectivity index (χ1) is 6.31. The number of hydrogen-bond donors (Lipinski definition) is 1. The van der Waals surface area contributed by atoms with Crippen LogP contribution in [0.5, 0.6) is 0 Å². The second kappa shape index (κ2) is 4.44. The number of nitrogens with two attached hydrogens (primary N) is 1. The number of aromatic nitrogens is 1. The summed E-state index contributed by atoms with van der Waals surface area (Å²) < 4.78 is 14.8. The largest absolute Gasteiger partial charge is 0.346 e. The van der Waals surface area contributed by atoms with Crippen LogP contribution in [0.25, 0.3) is 10.9 Å². The molecule has 0 aliphatic carbocycles. The van der Waals surface area contributed by atoms with Gasteiger partial charge in [0.05, 0.1) is 0 Å². The zero-order valence-corrected chi connectivity index (χ0v) is 8.43. The summed E-state index contributed by atoms with van der Waals surface area (Å²) in [6, 6.07) is 6.67. The van der Waals surface area contributed by atoms with E-state index in [9.17, 15) is 4.39 Å². The van der Waals surface area contributed by atoms with Crippen LogP contribution in [0.1, 0.15) is 0 Å². The monoisotopic (exact) mass is 214 g/mol. The predicted molar refractivity (Wildman–Crippen MR) is 58.2 cm³/mol. The maximum Gasteiger partial charge on any atom is 0.123 e. The molecule has 0 atom stereocenters. The van der Waals surface area contributed by atoms with Crippen molar-refractivity contribution < 1.29 is 4.39 Å². The zero-order valence-electron chi connectivity index (χ0n) is 7.61. The third-order valence-electron chi connectivity index (χ3n) is 2.10. The molecule has 2 nitrogen and oxygen atoms in total. The Kier molecular flexibility index (Phi) is 3.49. The van der Waals surface area contributed by atoms with Crippen LogP contribution in [0.4, 0.5) is 4.39 Å². The third kappa shape index (κ3) is 1.89. The zero-order chi connectivity index (χ0) is 9.26. The molecule has 2 N–H and O–H groups in total. The van der Waals surface area contributed by atoms with E-state index in [1.807, 2.05) is 16.8 Å². The number of halogens is 2. The molecular weight excluding hydrogens is 203 g/mol. The van der Waals surface area contributed by atoms with Crippen LogP contribution < -0.4 is 5.73 Å². The van der Waals surface area contributed by atoms with Crippen molar-refractivity contribution in [1.29, 1.82) is 0 Å². The van der Waals surface area contributed by atoms with E-state index in [4.69, 9.17) is 5.73 Å². The van der Waals surface area contributed by atoms with Crippen LogP contribution in [0.15, 0.2) is 30.5 Å². The maximum atomic E-state index is 12.8. The molecule has 1 heterocycles. The van der Waals surface area contributed by atoms with Gasteiger partial charge in [-0.3, -0.25) is 0 Å². The first-order valence-corrected chi connectivity index (χ1v) is 4.26. The standard InChI is InChI=1S/C10H11FN2.ClH/c11-9-1-2-10-8(7-9)3-5-13(10)6-4-12;/h1-3,5,7H,4,6,12H2;1H. The van der Waals surface area contributed by atoms with Gasteiger partial charge in [0.25, 0.3) is 0 Å². The number of benzene rings is 1. The average molecular weight is 215 g/mol. The topological polar surface area (TPSA) is 30.9 Å². The Labute approximate surface area is 87.9 Å². The van der Waals surface area contributed by atoms with Gasteiger partial charge in [-0.1, -0.05) is 0 Å². The smallest absolute Gasteiger partial charge is 0.123 e. The fraction of sp³-hybridized carbons (Fsp3) is 0.200. The van der Waals surface area contributed by atoms with Gasteiger partial charge in [0.15, 0.2) is 0 Å². The lowest BCUT2D eigenvalue weighted by molar-refractivity contribution is 0.629. The van der Waals surface area contributed by atoms with Gasteiger partial charge in [0.2, 0.25) is 0 Å². The van der Waals surface area contributed by atoms with Crippen molar-refractivity contribution in [2.24, 2.45) is 5.73 Å². The molecule has 0 radical (unpaired) electrons. The molecule has 0 aliphatic heterocycles. The highest BCUT2D eigenvalue weighted by molar-refractivity contribution is 5.85. The molecule has 4 heteroatoms. The molecule has 1 aromatic heterocycles. The Morgan fingerprint density at radius 1 is 1.29 bits per heavy atom. The Bertz CT molecular complexity index is 425. The maximum absolute atomic E-state index is 12.8. The van der Waals surface area contributed by atoms with Crippen LogP contribution >= 0.6 is 12.4 Å². The Morgan fingerprint density at radius 3 is 2.79 bits per heavy atom. The SMILES string of the molecule is Cl.NCCn1ccc2cc(F)ccc21. The molecule has 0 saturated heterocycles. The first kappa shape index (κ1) is 11.0. The summed E-state index contributed by atoms with van der Waals surface area (Å²) in [5.74, 6) is -0.196. The quantitative estimate of drug-likeness (QED) is 0.816. The van der Waals surface area contributed by atoms with Crippen LogP contribution in [-0.2, 0) is 6.54 Å². The predicted octanol–water partition coefficient (Wildman–Crippen LogP) is 2.16. The average Bonchev–Trinajstić information content (AvgIpc) is 2.49. The molecule has 76 valence electrons. The molecule has 1 aromatic carbocycles. The van der Waals surface area contributed by atoms with E-state index in [2.05, 4.69) is 0 Å². The second-order valence-electron chi connectivity index (χ2n) is 3.00. The fourth-order valence-corrected chi connectivity index (χ4v) is 1.51. The highest BCUT2D eigenvalue weighted by atomic mass is 35.5. The van der Waals surface area contributed by atoms with Gasteiger partial charge >= 0.3 is 0 Å². The van der Waals surface area contributed by atoms with Crippen LogP contribution in [0.2, 0.25) is 0 Å². The van der Waals surface area contributed by atoms with Crippen molar-refractivity contribution in [2.75, 3.05) is 6.54 Å². The van der Waals surface area contributed by atoms with Crippen molar-refractivity contribution in [3.05, 3.63) is 36.3 Å². The normalized spacial score (nSPS) is 10.1. The summed E-state index contributed by atoms with van der Waals surface area (Å²) in [6.07, 6.45) is 1.93. The molecule has 2 rings (SSSR count). The minimum absolute atomic E-state index is 0. The van der Waals surface area contributed by atoms with Gasteiger partial charge in [-0.15, -0.1) is 12.4 Å². The number of rotatable bonds is 2. The highest BCUT2D eigenvalue weighted by Gasteiger charge is 2.00. The van der Waals surface area contributed by atoms with Gasteiger partial charge < -0.3 is 10.3 Å². The van der Waals surface area contributed by atoms with Crippen LogP contribution in [-0.4, -0.2) is 11.1 Å². The number of nitrogens with zero attached hydrogens (tertiary/aromatic N) is 1. The molecule has 0 fully saturated rings. The van der Waals surface area contributed by atoms with Crippen molar-refractivity contribution in [2.45, 2.75) is 6.54 Å². The molecule has 0 amide bonds. The Morgan fingerprint density at radius 2 is 2.07 bits per heavy atom. The Balaban J connectivity index is 0.000000980. The molecule has 0 unspecified atom stereocenters. The lowest BCUT2D eigenvalue weighted by Gasteiger charge is -2.01. The molecule has 0 saturated carbocycles. The summed E-state index contributed by atoms with van der Waals surface area (Å²) in [5.41, 5.74) is 6.48. The lowest BCUT2D eigenvalue weighted by Crippen LogP contribution is -2.08. The van der Waals surface area contributed by atoms with E-state index >= 15 is 0 Å². The summed E-state index contributed by atoms with van der Waals surface area (Å²) in [7, 11) is 0. The first-order valence-electron chi connectivity index (χ1n) is 4.26. The van der Waals surface area contributed by atoms with E-state index in [-0.39, 0.29) is 18.2 Å². The fourth-order valence-electron chi connectivity index (χ4n) is 1.51. The van der Waals surface area contributed by atoms with Gasteiger partial charge in [-0.05, 0) is 24.3 Å². The van der Waals surface area contributed by atoms with Crippen LogP contribution in [0.3, 0.4) is 0 Å². The third-order valence-corrected chi connectivity index (χ3v) is 2.10. The molecule has 0 bridgehead atoms. The van der Waals surface area contributed by atoms with Crippen molar-refractivity contribution >= 4 is 23.3 Å². The molecule has 2 aromatic rings. The minimum Gasteiger partial charge on any atom is -0.346 e. The van der Waals surface area contributed by atoms with Gasteiger partial charge in [0.1, 0.15) is 5.82 Å². The molecule has 0 spiro atoms. The molecular formula is C10H12ClFN2. The van der Waals surface area contributed by atoms with Crippen LogP contribution in [0, 0.1) is 5.82 Å². The van der Waals surface area contributed by atoms with E-state index in [0.717, 1.165) is 17.4 Å². The van der Waals surface area contributed by atoms with Gasteiger partial charge in [-0.2, -0.15) is 0 Å². The number of fused-ring (bicyclic) bond motifs is 1. The van der Waals surface area contributed by atoms with Gasteiger partial charge in [0, 0.05) is 30.2 Å². The number of hydrogen-bond acceptors (Lipinski definition) is 1. The van der Waals surface area contributed by atoms with E-state index in [1.165, 1.54) is 12.1 Å². The van der Waals surface area contributed by atoms with Crippen molar-refractivity contribution in [3.63, 3.8) is 0 Å². The second-order valence-corrected chi connectivity index (χ2v) is 3.00. The minimum atomic E-state index is -0.196. The molecule has 0 aliphatic rings. The van der Waals surface area contributed by atoms with Gasteiger partial charge in [-0.25, -0.2) is 4.39 Å². The summed E-state index contributed by atoms with van der Waals surface area (Å²) >= 11 is 0. The van der Waals surface area contributed by atoms with E-state index in [0.29, 0.717) is 6.54 Å². The summed E-state index contributed by atoms with van der Waals surface area (Å²) in [5, 5.41) is 0.924. The summed E-state index contributed by atoms with van der Waals surface area (Å²) in [4.78, 5) is 0. The lowest BCUT2D eigenvalue weighted by atomic mass is 10.2. The Hall–Kier alpha value is -1.06. The van der Waals surface area contributed by atoms with E-state index in [1.54, 1.807) is 6.07 Å². The highest BCUT2D eigenvalue weighted by Crippen LogP contribution is 2.16.